The van der Waals surface area contributed by atoms with Gasteiger partial charge in [-0.3, -0.25) is 4.90 Å². The summed E-state index contributed by atoms with van der Waals surface area (Å²) in [7, 11) is 1.68. The number of carbonyl (C=O) groups excluding carboxylic acids is 1. The highest BCUT2D eigenvalue weighted by molar-refractivity contribution is 5.74. The van der Waals surface area contributed by atoms with E-state index in [0.29, 0.717) is 6.42 Å². The summed E-state index contributed by atoms with van der Waals surface area (Å²) in [4.78, 5) is 16.1. The van der Waals surface area contributed by atoms with E-state index in [-0.39, 0.29) is 17.9 Å². The lowest BCUT2D eigenvalue weighted by Gasteiger charge is -2.41. The van der Waals surface area contributed by atoms with Crippen molar-refractivity contribution in [3.63, 3.8) is 0 Å². The summed E-state index contributed by atoms with van der Waals surface area (Å²) < 4.78 is 19.7. The molecule has 0 aliphatic carbocycles. The minimum absolute atomic E-state index is 0.0427. The Morgan fingerprint density at radius 3 is 1.70 bits per heavy atom. The van der Waals surface area contributed by atoms with Crippen LogP contribution in [0.5, 0.6) is 0 Å². The van der Waals surface area contributed by atoms with E-state index in [1.807, 2.05) is 114 Å². The largest absolute Gasteiger partial charge is 0.431 e. The standard InChI is InChI=1S/C35H35NO4/c1-25(2)31-35(28-20-12-6-13-21-28,29-22-14-7-15-23-29)40-33(37)36(31)32-30(26-16-8-4-9-17-26)24-34(38-3,39-32)27-18-10-5-11-19-27/h4-23,25,30-32H,24H2,1-3H3/t30-,31+,32+,34-/m1/s1. The Bertz CT molecular complexity index is 1390. The molecule has 4 atom stereocenters. The lowest BCUT2D eigenvalue weighted by Crippen LogP contribution is -2.52. The predicted molar refractivity (Wildman–Crippen MR) is 154 cm³/mol. The molecule has 0 radical (unpaired) electrons. The second kappa shape index (κ2) is 10.6. The van der Waals surface area contributed by atoms with Gasteiger partial charge in [0.15, 0.2) is 11.4 Å². The molecule has 2 heterocycles. The van der Waals surface area contributed by atoms with Crippen molar-refractivity contribution in [1.29, 1.82) is 0 Å². The first kappa shape index (κ1) is 26.3. The van der Waals surface area contributed by atoms with E-state index in [1.54, 1.807) is 7.11 Å². The number of benzene rings is 4. The Kier molecular flexibility index (Phi) is 6.95. The lowest BCUT2D eigenvalue weighted by atomic mass is 9.75. The van der Waals surface area contributed by atoms with Gasteiger partial charge in [-0.05, 0) is 11.5 Å². The molecule has 1 amide bonds. The van der Waals surface area contributed by atoms with Crippen molar-refractivity contribution in [2.24, 2.45) is 5.92 Å². The smallest absolute Gasteiger partial charge is 0.413 e. The van der Waals surface area contributed by atoms with Gasteiger partial charge in [-0.25, -0.2) is 4.79 Å². The highest BCUT2D eigenvalue weighted by atomic mass is 16.7. The Balaban J connectivity index is 1.53. The molecule has 6 rings (SSSR count). The minimum atomic E-state index is -1.01. The Morgan fingerprint density at radius 1 is 0.750 bits per heavy atom. The second-order valence-corrected chi connectivity index (χ2v) is 11.0. The molecular weight excluding hydrogens is 498 g/mol. The maximum Gasteiger partial charge on any atom is 0.413 e. The van der Waals surface area contributed by atoms with Gasteiger partial charge in [0.1, 0.15) is 6.23 Å². The molecule has 5 heteroatoms. The molecule has 0 spiro atoms. The second-order valence-electron chi connectivity index (χ2n) is 11.0. The normalized spacial score (nSPS) is 25.8. The third-order valence-electron chi connectivity index (χ3n) is 8.40. The molecule has 40 heavy (non-hydrogen) atoms. The van der Waals surface area contributed by atoms with Crippen LogP contribution in [0.1, 0.15) is 48.4 Å². The third-order valence-corrected chi connectivity index (χ3v) is 8.40. The van der Waals surface area contributed by atoms with Gasteiger partial charge in [0.05, 0.1) is 6.04 Å². The number of hydrogen-bond donors (Lipinski definition) is 0. The van der Waals surface area contributed by atoms with Crippen LogP contribution in [0.3, 0.4) is 0 Å². The summed E-state index contributed by atoms with van der Waals surface area (Å²) in [6, 6.07) is 40.1. The van der Waals surface area contributed by atoms with Crippen molar-refractivity contribution in [2.75, 3.05) is 7.11 Å². The molecule has 4 aromatic rings. The van der Waals surface area contributed by atoms with E-state index in [4.69, 9.17) is 14.2 Å². The van der Waals surface area contributed by atoms with Crippen molar-refractivity contribution in [2.45, 2.75) is 49.8 Å². The van der Waals surface area contributed by atoms with Crippen LogP contribution in [0.4, 0.5) is 4.79 Å². The zero-order chi connectivity index (χ0) is 27.7. The van der Waals surface area contributed by atoms with Gasteiger partial charge in [0.2, 0.25) is 0 Å². The summed E-state index contributed by atoms with van der Waals surface area (Å²) in [5.41, 5.74) is 2.88. The maximum absolute atomic E-state index is 14.2. The van der Waals surface area contributed by atoms with Crippen LogP contribution in [0, 0.1) is 5.92 Å². The quantitative estimate of drug-likeness (QED) is 0.248. The van der Waals surface area contributed by atoms with Gasteiger partial charge in [-0.1, -0.05) is 135 Å². The first-order chi connectivity index (χ1) is 19.5. The van der Waals surface area contributed by atoms with Crippen LogP contribution in [-0.4, -0.2) is 30.4 Å². The van der Waals surface area contributed by atoms with Crippen molar-refractivity contribution < 1.29 is 19.0 Å². The van der Waals surface area contributed by atoms with Gasteiger partial charge in [0, 0.05) is 36.1 Å². The van der Waals surface area contributed by atoms with Gasteiger partial charge in [0.25, 0.3) is 0 Å². The van der Waals surface area contributed by atoms with E-state index in [1.165, 1.54) is 0 Å². The number of carbonyl (C=O) groups is 1. The van der Waals surface area contributed by atoms with Gasteiger partial charge < -0.3 is 14.2 Å². The summed E-state index contributed by atoms with van der Waals surface area (Å²) >= 11 is 0. The van der Waals surface area contributed by atoms with Crippen LogP contribution >= 0.6 is 0 Å². The van der Waals surface area contributed by atoms with Crippen LogP contribution in [-0.2, 0) is 25.6 Å². The van der Waals surface area contributed by atoms with Crippen molar-refractivity contribution in [3.8, 4) is 0 Å². The molecule has 0 bridgehead atoms. The molecule has 0 N–H and O–H groups in total. The average molecular weight is 534 g/mol. The van der Waals surface area contributed by atoms with Gasteiger partial charge in [-0.2, -0.15) is 0 Å². The number of rotatable bonds is 7. The third kappa shape index (κ3) is 4.21. The summed E-state index contributed by atoms with van der Waals surface area (Å²) in [6.07, 6.45) is -0.449. The number of nitrogens with zero attached hydrogens (tertiary/aromatic N) is 1. The minimum Gasteiger partial charge on any atom is -0.431 e. The van der Waals surface area contributed by atoms with E-state index in [0.717, 1.165) is 22.3 Å². The average Bonchev–Trinajstić information content (AvgIpc) is 3.56. The van der Waals surface area contributed by atoms with Crippen LogP contribution in [0.15, 0.2) is 121 Å². The molecule has 0 aromatic heterocycles. The molecule has 2 aliphatic heterocycles. The van der Waals surface area contributed by atoms with E-state index in [9.17, 15) is 4.79 Å². The number of ether oxygens (including phenoxy) is 3. The highest BCUT2D eigenvalue weighted by Gasteiger charge is 2.63. The molecular formula is C35H35NO4. The molecule has 204 valence electrons. The van der Waals surface area contributed by atoms with Crippen molar-refractivity contribution in [1.82, 2.24) is 4.90 Å². The fourth-order valence-electron chi connectivity index (χ4n) is 6.69. The molecule has 2 saturated heterocycles. The zero-order valence-electron chi connectivity index (χ0n) is 23.1. The lowest BCUT2D eigenvalue weighted by molar-refractivity contribution is -0.241. The molecule has 0 unspecified atom stereocenters. The molecule has 0 saturated carbocycles. The highest BCUT2D eigenvalue weighted by Crippen LogP contribution is 2.54. The van der Waals surface area contributed by atoms with E-state index in [2.05, 4.69) is 26.0 Å². The summed E-state index contributed by atoms with van der Waals surface area (Å²) in [6.45, 7) is 4.29. The van der Waals surface area contributed by atoms with Crippen LogP contribution in [0.25, 0.3) is 0 Å². The van der Waals surface area contributed by atoms with Crippen LogP contribution in [0.2, 0.25) is 0 Å². The Hall–Kier alpha value is -3.93. The molecule has 2 aliphatic rings. The summed E-state index contributed by atoms with van der Waals surface area (Å²) in [5, 5.41) is 0. The molecule has 2 fully saturated rings. The fourth-order valence-corrected chi connectivity index (χ4v) is 6.69. The van der Waals surface area contributed by atoms with Gasteiger partial charge in [-0.15, -0.1) is 0 Å². The SMILES string of the molecule is CO[C@]1(c2ccccc2)C[C@H](c2ccccc2)[C@@H](N2C(=O)OC(c3ccccc3)(c3ccccc3)[C@@H]2C(C)C)O1. The maximum atomic E-state index is 14.2. The number of amides is 1. The molecule has 4 aromatic carbocycles. The van der Waals surface area contributed by atoms with Crippen molar-refractivity contribution >= 4 is 6.09 Å². The first-order valence-electron chi connectivity index (χ1n) is 14.0. The Labute approximate surface area is 236 Å². The topological polar surface area (TPSA) is 48.0 Å². The summed E-state index contributed by atoms with van der Waals surface area (Å²) in [5.74, 6) is -1.11. The monoisotopic (exact) mass is 533 g/mol. The van der Waals surface area contributed by atoms with Gasteiger partial charge >= 0.3 is 6.09 Å². The van der Waals surface area contributed by atoms with Crippen molar-refractivity contribution in [3.05, 3.63) is 144 Å². The van der Waals surface area contributed by atoms with E-state index < -0.39 is 23.7 Å². The first-order valence-corrected chi connectivity index (χ1v) is 14.0. The number of methoxy groups -OCH3 is 1. The predicted octanol–water partition coefficient (Wildman–Crippen LogP) is 7.44. The molecule has 5 nitrogen and oxygen atoms in total. The Morgan fingerprint density at radius 2 is 1.23 bits per heavy atom. The van der Waals surface area contributed by atoms with Crippen LogP contribution < -0.4 is 0 Å². The number of cyclic esters (lactones) is 1. The number of hydrogen-bond acceptors (Lipinski definition) is 4. The van der Waals surface area contributed by atoms with E-state index >= 15 is 0 Å². The fraction of sp³-hybridized carbons (Fsp3) is 0.286. The zero-order valence-corrected chi connectivity index (χ0v) is 23.1.